The van der Waals surface area contributed by atoms with E-state index >= 15 is 0 Å². The molecule has 0 N–H and O–H groups in total. The number of epoxide rings is 1. The molecule has 2 saturated heterocycles. The van der Waals surface area contributed by atoms with Crippen LogP contribution in [-0.2, 0) is 11.8 Å². The maximum Gasteiger partial charge on any atom is 0.149 e. The fourth-order valence-electron chi connectivity index (χ4n) is 2.37. The van der Waals surface area contributed by atoms with Gasteiger partial charge in [-0.1, -0.05) is 0 Å². The number of hydrogen-bond donors (Lipinski definition) is 0. The van der Waals surface area contributed by atoms with Crippen LogP contribution in [0.5, 0.6) is 0 Å². The van der Waals surface area contributed by atoms with Crippen LogP contribution in [0.15, 0.2) is 6.33 Å². The molecule has 5 nitrogen and oxygen atoms in total. The third kappa shape index (κ3) is 1.77. The molecule has 0 saturated carbocycles. The predicted octanol–water partition coefficient (Wildman–Crippen LogP) is 0.351. The van der Waals surface area contributed by atoms with Gasteiger partial charge in [0.15, 0.2) is 0 Å². The number of likely N-dealkylation sites (tertiary alicyclic amines) is 1. The van der Waals surface area contributed by atoms with Crippen LogP contribution in [0.4, 0.5) is 0 Å². The van der Waals surface area contributed by atoms with E-state index in [-0.39, 0.29) is 0 Å². The minimum absolute atomic E-state index is 0.446. The first-order valence-corrected chi connectivity index (χ1v) is 5.54. The molecule has 0 bridgehead atoms. The monoisotopic (exact) mass is 208 g/mol. The average Bonchev–Trinajstić information content (AvgIpc) is 2.74. The van der Waals surface area contributed by atoms with E-state index in [0.717, 1.165) is 25.5 Å². The van der Waals surface area contributed by atoms with E-state index in [1.807, 2.05) is 11.6 Å². The largest absolute Gasteiger partial charge is 0.372 e. The van der Waals surface area contributed by atoms with Gasteiger partial charge in [0, 0.05) is 13.6 Å². The number of hydrogen-bond acceptors (Lipinski definition) is 4. The van der Waals surface area contributed by atoms with Crippen molar-refractivity contribution >= 4 is 0 Å². The molecule has 2 atom stereocenters. The Morgan fingerprint density at radius 2 is 2.47 bits per heavy atom. The van der Waals surface area contributed by atoms with Crippen molar-refractivity contribution in [1.29, 1.82) is 0 Å². The van der Waals surface area contributed by atoms with Crippen LogP contribution in [0.25, 0.3) is 0 Å². The highest BCUT2D eigenvalue weighted by Crippen LogP contribution is 2.31. The highest BCUT2D eigenvalue weighted by molar-refractivity contribution is 4.99. The molecule has 0 radical (unpaired) electrons. The fraction of sp³-hybridized carbons (Fsp3) is 0.800. The van der Waals surface area contributed by atoms with Crippen LogP contribution >= 0.6 is 0 Å². The summed E-state index contributed by atoms with van der Waals surface area (Å²) in [5.41, 5.74) is 0. The molecule has 82 valence electrons. The Bertz CT molecular complexity index is 347. The Labute approximate surface area is 89.0 Å². The average molecular weight is 208 g/mol. The van der Waals surface area contributed by atoms with Gasteiger partial charge >= 0.3 is 0 Å². The molecule has 3 heterocycles. The number of aryl methyl sites for hydroxylation is 1. The lowest BCUT2D eigenvalue weighted by molar-refractivity contribution is 0.218. The quantitative estimate of drug-likeness (QED) is 0.672. The first-order valence-electron chi connectivity index (χ1n) is 5.54. The van der Waals surface area contributed by atoms with Gasteiger partial charge in [-0.3, -0.25) is 4.90 Å². The molecule has 2 aliphatic rings. The standard InChI is InChI=1S/C10H16N4O/c1-13-7-11-12-10(13)9-3-2-4-14(9)5-8-6-15-8/h7-9H,2-6H2,1H3/t8-,9?/m1/s1. The zero-order valence-corrected chi connectivity index (χ0v) is 8.96. The van der Waals surface area contributed by atoms with Crippen molar-refractivity contribution < 1.29 is 4.74 Å². The normalized spacial score (nSPS) is 31.0. The van der Waals surface area contributed by atoms with Gasteiger partial charge < -0.3 is 9.30 Å². The van der Waals surface area contributed by atoms with Gasteiger partial charge in [0.25, 0.3) is 0 Å². The molecule has 1 aromatic heterocycles. The molecule has 0 amide bonds. The first-order chi connectivity index (χ1) is 7.34. The van der Waals surface area contributed by atoms with Crippen LogP contribution in [0.1, 0.15) is 24.7 Å². The van der Waals surface area contributed by atoms with E-state index < -0.39 is 0 Å². The molecular formula is C10H16N4O. The van der Waals surface area contributed by atoms with E-state index in [1.165, 1.54) is 12.8 Å². The minimum atomic E-state index is 0.446. The van der Waals surface area contributed by atoms with E-state index in [1.54, 1.807) is 6.33 Å². The van der Waals surface area contributed by atoms with Crippen LogP contribution in [0, 0.1) is 0 Å². The Morgan fingerprint density at radius 3 is 3.13 bits per heavy atom. The summed E-state index contributed by atoms with van der Waals surface area (Å²) in [4.78, 5) is 2.47. The lowest BCUT2D eigenvalue weighted by Crippen LogP contribution is -2.29. The van der Waals surface area contributed by atoms with Crippen LogP contribution in [0.2, 0.25) is 0 Å². The lowest BCUT2D eigenvalue weighted by atomic mass is 10.2. The van der Waals surface area contributed by atoms with Crippen molar-refractivity contribution in [3.05, 3.63) is 12.2 Å². The van der Waals surface area contributed by atoms with Crippen molar-refractivity contribution in [1.82, 2.24) is 19.7 Å². The van der Waals surface area contributed by atoms with E-state index in [4.69, 9.17) is 4.74 Å². The van der Waals surface area contributed by atoms with Crippen molar-refractivity contribution in [3.63, 3.8) is 0 Å². The number of aromatic nitrogens is 3. The molecule has 1 unspecified atom stereocenters. The summed E-state index contributed by atoms with van der Waals surface area (Å²) in [6.07, 6.45) is 4.70. The van der Waals surface area contributed by atoms with Crippen molar-refractivity contribution in [2.24, 2.45) is 7.05 Å². The number of rotatable bonds is 3. The maximum atomic E-state index is 5.28. The molecule has 1 aromatic rings. The second-order valence-corrected chi connectivity index (χ2v) is 4.41. The van der Waals surface area contributed by atoms with Gasteiger partial charge in [-0.2, -0.15) is 0 Å². The smallest absolute Gasteiger partial charge is 0.149 e. The summed E-state index contributed by atoms with van der Waals surface area (Å²) in [6, 6.07) is 0.446. The predicted molar refractivity (Wildman–Crippen MR) is 54.3 cm³/mol. The summed E-state index contributed by atoms with van der Waals surface area (Å²) in [6.45, 7) is 3.15. The maximum absolute atomic E-state index is 5.28. The zero-order chi connectivity index (χ0) is 10.3. The minimum Gasteiger partial charge on any atom is -0.372 e. The zero-order valence-electron chi connectivity index (χ0n) is 8.96. The first kappa shape index (κ1) is 9.30. The second kappa shape index (κ2) is 3.57. The van der Waals surface area contributed by atoms with Gasteiger partial charge in [-0.15, -0.1) is 10.2 Å². The Hall–Kier alpha value is -0.940. The van der Waals surface area contributed by atoms with Crippen molar-refractivity contribution in [3.8, 4) is 0 Å². The fourth-order valence-corrected chi connectivity index (χ4v) is 2.37. The summed E-state index contributed by atoms with van der Waals surface area (Å²) in [5.74, 6) is 1.09. The van der Waals surface area contributed by atoms with E-state index in [9.17, 15) is 0 Å². The van der Waals surface area contributed by atoms with E-state index in [0.29, 0.717) is 12.1 Å². The summed E-state index contributed by atoms with van der Waals surface area (Å²) >= 11 is 0. The van der Waals surface area contributed by atoms with Crippen LogP contribution < -0.4 is 0 Å². The number of nitrogens with zero attached hydrogens (tertiary/aromatic N) is 4. The van der Waals surface area contributed by atoms with Crippen molar-refractivity contribution in [2.75, 3.05) is 19.7 Å². The third-order valence-corrected chi connectivity index (χ3v) is 3.25. The number of ether oxygens (including phenoxy) is 1. The highest BCUT2D eigenvalue weighted by atomic mass is 16.6. The van der Waals surface area contributed by atoms with Crippen molar-refractivity contribution in [2.45, 2.75) is 25.0 Å². The molecular weight excluding hydrogens is 192 g/mol. The SMILES string of the molecule is Cn1cnnc1C1CCCN1C[C@@H]1CO1. The van der Waals surface area contributed by atoms with Gasteiger partial charge in [0.1, 0.15) is 12.2 Å². The Balaban J connectivity index is 1.75. The Morgan fingerprint density at radius 1 is 1.60 bits per heavy atom. The van der Waals surface area contributed by atoms with Crippen LogP contribution in [-0.4, -0.2) is 45.5 Å². The molecule has 0 aliphatic carbocycles. The highest BCUT2D eigenvalue weighted by Gasteiger charge is 2.34. The summed E-state index contributed by atoms with van der Waals surface area (Å²) in [7, 11) is 2.01. The molecule has 0 spiro atoms. The van der Waals surface area contributed by atoms with Gasteiger partial charge in [0.2, 0.25) is 0 Å². The summed E-state index contributed by atoms with van der Waals surface area (Å²) < 4.78 is 7.31. The topological polar surface area (TPSA) is 46.5 Å². The van der Waals surface area contributed by atoms with E-state index in [2.05, 4.69) is 15.1 Å². The van der Waals surface area contributed by atoms with Gasteiger partial charge in [-0.25, -0.2) is 0 Å². The molecule has 0 aromatic carbocycles. The molecule has 15 heavy (non-hydrogen) atoms. The Kier molecular flexibility index (Phi) is 2.21. The third-order valence-electron chi connectivity index (χ3n) is 3.25. The molecule has 3 rings (SSSR count). The van der Waals surface area contributed by atoms with Crippen LogP contribution in [0.3, 0.4) is 0 Å². The van der Waals surface area contributed by atoms with Gasteiger partial charge in [0.05, 0.1) is 18.8 Å². The molecule has 2 fully saturated rings. The molecule has 5 heteroatoms. The lowest BCUT2D eigenvalue weighted by Gasteiger charge is -2.22. The summed E-state index contributed by atoms with van der Waals surface area (Å²) in [5, 5.41) is 8.16. The second-order valence-electron chi connectivity index (χ2n) is 4.41. The molecule has 2 aliphatic heterocycles. The van der Waals surface area contributed by atoms with Gasteiger partial charge in [-0.05, 0) is 19.4 Å².